The molecule has 1 aromatic heterocycles. The lowest BCUT2D eigenvalue weighted by molar-refractivity contribution is -0.118. The fourth-order valence-corrected chi connectivity index (χ4v) is 3.65. The van der Waals surface area contributed by atoms with Gasteiger partial charge in [0.25, 0.3) is 5.56 Å². The smallest absolute Gasteiger partial charge is 0.262 e. The van der Waals surface area contributed by atoms with Gasteiger partial charge in [-0.2, -0.15) is 0 Å². The van der Waals surface area contributed by atoms with E-state index in [4.69, 9.17) is 0 Å². The van der Waals surface area contributed by atoms with Crippen LogP contribution in [0.15, 0.2) is 58.5 Å². The van der Waals surface area contributed by atoms with Gasteiger partial charge in [-0.1, -0.05) is 42.1 Å². The molecule has 0 atom stereocenters. The van der Waals surface area contributed by atoms with Gasteiger partial charge in [0.2, 0.25) is 5.91 Å². The Balaban J connectivity index is 1.62. The number of benzene rings is 2. The minimum atomic E-state index is -0.270. The van der Waals surface area contributed by atoms with Crippen LogP contribution >= 0.6 is 11.8 Å². The number of para-hydroxylation sites is 1. The van der Waals surface area contributed by atoms with Crippen LogP contribution in [-0.2, 0) is 17.8 Å². The van der Waals surface area contributed by atoms with E-state index < -0.39 is 0 Å². The molecule has 0 unspecified atom stereocenters. The second-order valence-electron chi connectivity index (χ2n) is 5.94. The van der Waals surface area contributed by atoms with Crippen LogP contribution < -0.4 is 10.9 Å². The Bertz CT molecular complexity index is 1020. The van der Waals surface area contributed by atoms with Gasteiger partial charge >= 0.3 is 0 Å². The lowest BCUT2D eigenvalue weighted by Gasteiger charge is -2.11. The van der Waals surface area contributed by atoms with Crippen LogP contribution in [0.2, 0.25) is 0 Å². The third-order valence-corrected chi connectivity index (χ3v) is 5.13. The molecule has 0 aliphatic carbocycles. The number of halogens is 1. The third-order valence-electron chi connectivity index (χ3n) is 4.15. The molecule has 1 heterocycles. The van der Waals surface area contributed by atoms with Crippen molar-refractivity contribution in [2.24, 2.45) is 0 Å². The number of aromatic nitrogens is 2. The summed E-state index contributed by atoms with van der Waals surface area (Å²) in [5.74, 6) is -0.308. The van der Waals surface area contributed by atoms with Crippen molar-refractivity contribution >= 4 is 28.6 Å². The van der Waals surface area contributed by atoms with Crippen molar-refractivity contribution in [1.82, 2.24) is 14.9 Å². The van der Waals surface area contributed by atoms with E-state index >= 15 is 0 Å². The Hall–Kier alpha value is -2.67. The molecule has 27 heavy (non-hydrogen) atoms. The average molecular weight is 385 g/mol. The first kappa shape index (κ1) is 19.1. The molecule has 7 heteroatoms. The van der Waals surface area contributed by atoms with Gasteiger partial charge in [-0.3, -0.25) is 14.2 Å². The second-order valence-corrected chi connectivity index (χ2v) is 6.88. The van der Waals surface area contributed by atoms with Crippen LogP contribution in [0.4, 0.5) is 4.39 Å². The molecule has 0 aliphatic rings. The van der Waals surface area contributed by atoms with E-state index in [2.05, 4.69) is 10.3 Å². The highest BCUT2D eigenvalue weighted by atomic mass is 32.2. The van der Waals surface area contributed by atoms with Gasteiger partial charge in [-0.15, -0.1) is 0 Å². The van der Waals surface area contributed by atoms with Crippen molar-refractivity contribution in [1.29, 1.82) is 0 Å². The van der Waals surface area contributed by atoms with Gasteiger partial charge in [0.15, 0.2) is 5.16 Å². The fourth-order valence-electron chi connectivity index (χ4n) is 2.76. The van der Waals surface area contributed by atoms with Crippen molar-refractivity contribution < 1.29 is 9.18 Å². The van der Waals surface area contributed by atoms with Crippen molar-refractivity contribution in [3.05, 3.63) is 70.3 Å². The van der Waals surface area contributed by atoms with Crippen LogP contribution in [0.5, 0.6) is 0 Å². The number of nitrogens with one attached hydrogen (secondary N) is 1. The molecule has 5 nitrogen and oxygen atoms in total. The minimum absolute atomic E-state index is 0.106. The number of rotatable bonds is 7. The van der Waals surface area contributed by atoms with Gasteiger partial charge in [-0.05, 0) is 37.1 Å². The van der Waals surface area contributed by atoms with Crippen molar-refractivity contribution in [2.75, 3.05) is 12.3 Å². The molecular weight excluding hydrogens is 365 g/mol. The van der Waals surface area contributed by atoms with E-state index in [1.54, 1.807) is 41.0 Å². The molecule has 0 radical (unpaired) electrons. The van der Waals surface area contributed by atoms with Gasteiger partial charge in [0.1, 0.15) is 5.82 Å². The summed E-state index contributed by atoms with van der Waals surface area (Å²) in [5.41, 5.74) is 1.08. The number of amides is 1. The van der Waals surface area contributed by atoms with Crippen LogP contribution in [-0.4, -0.2) is 27.8 Å². The fraction of sp³-hybridized carbons (Fsp3) is 0.250. The molecule has 3 aromatic rings. The summed E-state index contributed by atoms with van der Waals surface area (Å²) in [7, 11) is 0. The Morgan fingerprint density at radius 1 is 1.19 bits per heavy atom. The van der Waals surface area contributed by atoms with E-state index in [-0.39, 0.29) is 23.0 Å². The summed E-state index contributed by atoms with van der Waals surface area (Å²) in [6.07, 6.45) is 0.428. The Morgan fingerprint density at radius 2 is 1.93 bits per heavy atom. The lowest BCUT2D eigenvalue weighted by atomic mass is 10.1. The van der Waals surface area contributed by atoms with Crippen LogP contribution in [0.25, 0.3) is 10.9 Å². The molecule has 0 fully saturated rings. The summed E-state index contributed by atoms with van der Waals surface area (Å²) < 4.78 is 15.1. The minimum Gasteiger partial charge on any atom is -0.355 e. The molecule has 2 aromatic carbocycles. The summed E-state index contributed by atoms with van der Waals surface area (Å²) >= 11 is 1.22. The quantitative estimate of drug-likeness (QED) is 0.502. The number of thioether (sulfide) groups is 1. The van der Waals surface area contributed by atoms with Crippen molar-refractivity contribution in [2.45, 2.75) is 25.0 Å². The van der Waals surface area contributed by atoms with Crippen LogP contribution in [0.1, 0.15) is 12.5 Å². The number of nitrogens with zero attached hydrogens (tertiary/aromatic N) is 2. The van der Waals surface area contributed by atoms with E-state index in [0.717, 1.165) is 0 Å². The molecule has 1 amide bonds. The lowest BCUT2D eigenvalue weighted by Crippen LogP contribution is -2.28. The number of carbonyl (C=O) groups excluding carboxylic acids is 1. The maximum atomic E-state index is 13.6. The highest BCUT2D eigenvalue weighted by Gasteiger charge is 2.12. The van der Waals surface area contributed by atoms with E-state index in [1.165, 1.54) is 17.8 Å². The first-order valence-electron chi connectivity index (χ1n) is 8.72. The van der Waals surface area contributed by atoms with Crippen LogP contribution in [0.3, 0.4) is 0 Å². The molecule has 3 rings (SSSR count). The second kappa shape index (κ2) is 8.81. The molecule has 0 saturated heterocycles. The summed E-state index contributed by atoms with van der Waals surface area (Å²) in [6.45, 7) is 2.70. The summed E-state index contributed by atoms with van der Waals surface area (Å²) in [4.78, 5) is 29.2. The molecule has 1 N–H and O–H groups in total. The molecular formula is C20H20FN3O2S. The summed E-state index contributed by atoms with van der Waals surface area (Å²) in [5, 5.41) is 3.86. The predicted octanol–water partition coefficient (Wildman–Crippen LogP) is 3.01. The number of fused-ring (bicyclic) bond motifs is 1. The monoisotopic (exact) mass is 385 g/mol. The van der Waals surface area contributed by atoms with Gasteiger partial charge in [0, 0.05) is 13.1 Å². The zero-order valence-electron chi connectivity index (χ0n) is 14.9. The predicted molar refractivity (Wildman–Crippen MR) is 106 cm³/mol. The summed E-state index contributed by atoms with van der Waals surface area (Å²) in [6, 6.07) is 13.7. The third kappa shape index (κ3) is 4.54. The molecule has 0 aliphatic heterocycles. The maximum Gasteiger partial charge on any atom is 0.262 e. The number of hydrogen-bond acceptors (Lipinski definition) is 4. The Labute approximate surface area is 160 Å². The maximum absolute atomic E-state index is 13.6. The average Bonchev–Trinajstić information content (AvgIpc) is 2.68. The van der Waals surface area contributed by atoms with E-state index in [9.17, 15) is 14.0 Å². The SMILES string of the molecule is CCn1c(SCC(=O)NCCc2ccccc2F)nc2ccccc2c1=O. The zero-order chi connectivity index (χ0) is 19.2. The van der Waals surface area contributed by atoms with Gasteiger partial charge < -0.3 is 5.32 Å². The number of carbonyl (C=O) groups is 1. The van der Waals surface area contributed by atoms with Gasteiger partial charge in [0.05, 0.1) is 16.7 Å². The first-order valence-corrected chi connectivity index (χ1v) is 9.71. The molecule has 140 valence electrons. The van der Waals surface area contributed by atoms with Crippen LogP contribution in [0, 0.1) is 5.82 Å². The largest absolute Gasteiger partial charge is 0.355 e. The Morgan fingerprint density at radius 3 is 2.70 bits per heavy atom. The molecule has 0 spiro atoms. The molecule has 0 saturated carbocycles. The molecule has 0 bridgehead atoms. The van der Waals surface area contributed by atoms with E-state index in [0.29, 0.717) is 41.1 Å². The van der Waals surface area contributed by atoms with Crippen molar-refractivity contribution in [3.8, 4) is 0 Å². The Kier molecular flexibility index (Phi) is 6.24. The zero-order valence-corrected chi connectivity index (χ0v) is 15.8. The number of hydrogen-bond donors (Lipinski definition) is 1. The standard InChI is InChI=1S/C20H20FN3O2S/c1-2-24-19(26)15-8-4-6-10-17(15)23-20(24)27-13-18(25)22-12-11-14-7-3-5-9-16(14)21/h3-10H,2,11-13H2,1H3,(H,22,25). The van der Waals surface area contributed by atoms with E-state index in [1.807, 2.05) is 13.0 Å². The van der Waals surface area contributed by atoms with Crippen molar-refractivity contribution in [3.63, 3.8) is 0 Å². The first-order chi connectivity index (χ1) is 13.1. The topological polar surface area (TPSA) is 64.0 Å². The van der Waals surface area contributed by atoms with Gasteiger partial charge in [-0.25, -0.2) is 9.37 Å². The highest BCUT2D eigenvalue weighted by molar-refractivity contribution is 7.99. The normalized spacial score (nSPS) is 10.9. The highest BCUT2D eigenvalue weighted by Crippen LogP contribution is 2.17.